The second-order valence-corrected chi connectivity index (χ2v) is 3.31. The van der Waals surface area contributed by atoms with Crippen LogP contribution in [0.15, 0.2) is 29.5 Å². The van der Waals surface area contributed by atoms with Gasteiger partial charge in [0.1, 0.15) is 5.69 Å². The molecule has 0 fully saturated rings. The Morgan fingerprint density at radius 2 is 1.71 bits per heavy atom. The molecule has 1 aromatic rings. The Balaban J connectivity index is 2.73. The second-order valence-electron chi connectivity index (χ2n) is 3.31. The van der Waals surface area contributed by atoms with Gasteiger partial charge in [0.05, 0.1) is 5.56 Å². The van der Waals surface area contributed by atoms with Gasteiger partial charge in [-0.05, 0) is 26.0 Å². The van der Waals surface area contributed by atoms with E-state index in [1.807, 2.05) is 0 Å². The number of allylic oxidation sites excluding steroid dienone is 2. The van der Waals surface area contributed by atoms with Crippen molar-refractivity contribution in [2.45, 2.75) is 13.8 Å². The largest absolute Gasteiger partial charge is 0.289 e. The zero-order valence-electron chi connectivity index (χ0n) is 8.00. The average Bonchev–Trinajstić information content (AvgIpc) is 2.23. The molecule has 0 bridgehead atoms. The Morgan fingerprint density at radius 1 is 1.07 bits per heavy atom. The first-order valence-electron chi connectivity index (χ1n) is 4.35. The standard InChI is InChI=1S/C11H9NO2/c1-6-7(2)11(14)9-8(10(6)13)4-3-5-12-9/h3-5H,1-2H3. The lowest BCUT2D eigenvalue weighted by Crippen LogP contribution is -2.20. The zero-order chi connectivity index (χ0) is 10.3. The molecule has 3 heteroatoms. The molecule has 1 heterocycles. The predicted molar refractivity (Wildman–Crippen MR) is 51.3 cm³/mol. The third-order valence-electron chi connectivity index (χ3n) is 2.51. The van der Waals surface area contributed by atoms with E-state index in [4.69, 9.17) is 0 Å². The number of ketones is 2. The van der Waals surface area contributed by atoms with Crippen LogP contribution in [0.2, 0.25) is 0 Å². The van der Waals surface area contributed by atoms with Gasteiger partial charge in [-0.2, -0.15) is 0 Å². The van der Waals surface area contributed by atoms with Crippen LogP contribution in [0.5, 0.6) is 0 Å². The number of carbonyl (C=O) groups is 2. The number of pyridine rings is 1. The molecule has 14 heavy (non-hydrogen) atoms. The molecule has 0 unspecified atom stereocenters. The molecule has 0 aliphatic heterocycles. The van der Waals surface area contributed by atoms with Crippen LogP contribution in [0.25, 0.3) is 0 Å². The van der Waals surface area contributed by atoms with Crippen molar-refractivity contribution < 1.29 is 9.59 Å². The van der Waals surface area contributed by atoms with Crippen molar-refractivity contribution in [2.24, 2.45) is 0 Å². The van der Waals surface area contributed by atoms with E-state index in [1.165, 1.54) is 6.20 Å². The van der Waals surface area contributed by atoms with Crippen LogP contribution in [0, 0.1) is 0 Å². The van der Waals surface area contributed by atoms with Crippen molar-refractivity contribution >= 4 is 11.6 Å². The molecule has 0 amide bonds. The number of aromatic nitrogens is 1. The van der Waals surface area contributed by atoms with Crippen LogP contribution in [-0.2, 0) is 0 Å². The van der Waals surface area contributed by atoms with Gasteiger partial charge in [-0.3, -0.25) is 14.6 Å². The molecule has 1 aromatic heterocycles. The van der Waals surface area contributed by atoms with Crippen LogP contribution in [-0.4, -0.2) is 16.6 Å². The highest BCUT2D eigenvalue weighted by molar-refractivity contribution is 6.25. The molecule has 70 valence electrons. The fourth-order valence-corrected chi connectivity index (χ4v) is 1.49. The summed E-state index contributed by atoms with van der Waals surface area (Å²) in [5.41, 5.74) is 1.72. The summed E-state index contributed by atoms with van der Waals surface area (Å²) in [5.74, 6) is -0.233. The van der Waals surface area contributed by atoms with Crippen LogP contribution < -0.4 is 0 Å². The number of nitrogens with zero attached hydrogens (tertiary/aromatic N) is 1. The topological polar surface area (TPSA) is 47.0 Å². The highest BCUT2D eigenvalue weighted by atomic mass is 16.1. The molecular weight excluding hydrogens is 178 g/mol. The zero-order valence-corrected chi connectivity index (χ0v) is 8.00. The fraction of sp³-hybridized carbons (Fsp3) is 0.182. The molecule has 0 aromatic carbocycles. The number of carbonyl (C=O) groups excluding carboxylic acids is 2. The van der Waals surface area contributed by atoms with Gasteiger partial charge in [-0.15, -0.1) is 0 Å². The first-order valence-corrected chi connectivity index (χ1v) is 4.35. The van der Waals surface area contributed by atoms with Crippen molar-refractivity contribution in [3.63, 3.8) is 0 Å². The molecule has 1 aliphatic carbocycles. The Morgan fingerprint density at radius 3 is 2.43 bits per heavy atom. The number of rotatable bonds is 0. The molecule has 0 saturated carbocycles. The van der Waals surface area contributed by atoms with Gasteiger partial charge in [-0.25, -0.2) is 0 Å². The summed E-state index contributed by atoms with van der Waals surface area (Å²) in [7, 11) is 0. The molecule has 0 spiro atoms. The molecule has 0 atom stereocenters. The second kappa shape index (κ2) is 2.87. The third kappa shape index (κ3) is 1.02. The summed E-state index contributed by atoms with van der Waals surface area (Å²) in [6.07, 6.45) is 1.53. The summed E-state index contributed by atoms with van der Waals surface area (Å²) in [4.78, 5) is 27.4. The minimum atomic E-state index is -0.141. The summed E-state index contributed by atoms with van der Waals surface area (Å²) in [5, 5.41) is 0. The lowest BCUT2D eigenvalue weighted by Gasteiger charge is -2.14. The highest BCUT2D eigenvalue weighted by Crippen LogP contribution is 2.23. The monoisotopic (exact) mass is 187 g/mol. The molecule has 2 rings (SSSR count). The molecule has 0 radical (unpaired) electrons. The molecule has 0 saturated heterocycles. The van der Waals surface area contributed by atoms with E-state index >= 15 is 0 Å². The van der Waals surface area contributed by atoms with Gasteiger partial charge in [0, 0.05) is 17.3 Å². The van der Waals surface area contributed by atoms with E-state index in [1.54, 1.807) is 26.0 Å². The Labute approximate surface area is 81.5 Å². The maximum atomic E-state index is 11.7. The minimum absolute atomic E-state index is 0.0924. The van der Waals surface area contributed by atoms with Crippen molar-refractivity contribution in [3.05, 3.63) is 40.7 Å². The van der Waals surface area contributed by atoms with Gasteiger partial charge in [0.2, 0.25) is 5.78 Å². The normalized spacial score (nSPS) is 15.9. The van der Waals surface area contributed by atoms with Crippen molar-refractivity contribution in [3.8, 4) is 0 Å². The SMILES string of the molecule is CC1=C(C)C(=O)c2ncccc2C1=O. The first kappa shape index (κ1) is 8.81. The Bertz CT molecular complexity index is 429. The lowest BCUT2D eigenvalue weighted by atomic mass is 9.89. The predicted octanol–water partition coefficient (Wildman–Crippen LogP) is 1.80. The molecule has 3 nitrogen and oxygen atoms in total. The lowest BCUT2D eigenvalue weighted by molar-refractivity contribution is 0.0971. The number of hydrogen-bond acceptors (Lipinski definition) is 3. The first-order chi connectivity index (χ1) is 6.63. The summed E-state index contributed by atoms with van der Waals surface area (Å²) < 4.78 is 0. The van der Waals surface area contributed by atoms with E-state index in [9.17, 15) is 9.59 Å². The van der Waals surface area contributed by atoms with E-state index in [0.717, 1.165) is 0 Å². The Kier molecular flexibility index (Phi) is 1.81. The maximum absolute atomic E-state index is 11.7. The summed E-state index contributed by atoms with van der Waals surface area (Å²) >= 11 is 0. The Hall–Kier alpha value is -1.77. The van der Waals surface area contributed by atoms with Crippen LogP contribution in [0.3, 0.4) is 0 Å². The smallest absolute Gasteiger partial charge is 0.208 e. The number of Topliss-reactive ketones (excluding diaryl/α,β-unsaturated/α-hetero) is 2. The van der Waals surface area contributed by atoms with Crippen LogP contribution in [0.1, 0.15) is 34.7 Å². The maximum Gasteiger partial charge on any atom is 0.208 e. The minimum Gasteiger partial charge on any atom is -0.289 e. The van der Waals surface area contributed by atoms with Gasteiger partial charge >= 0.3 is 0 Å². The average molecular weight is 187 g/mol. The van der Waals surface area contributed by atoms with Crippen molar-refractivity contribution in [1.29, 1.82) is 0 Å². The van der Waals surface area contributed by atoms with E-state index in [-0.39, 0.29) is 17.3 Å². The highest BCUT2D eigenvalue weighted by Gasteiger charge is 2.27. The quantitative estimate of drug-likeness (QED) is 0.622. The molecule has 0 N–H and O–H groups in total. The number of fused-ring (bicyclic) bond motifs is 1. The fourth-order valence-electron chi connectivity index (χ4n) is 1.49. The van der Waals surface area contributed by atoms with Gasteiger partial charge in [-0.1, -0.05) is 0 Å². The van der Waals surface area contributed by atoms with Crippen LogP contribution >= 0.6 is 0 Å². The van der Waals surface area contributed by atoms with E-state index in [0.29, 0.717) is 16.7 Å². The van der Waals surface area contributed by atoms with Gasteiger partial charge in [0.15, 0.2) is 5.78 Å². The molecular formula is C11H9NO2. The third-order valence-corrected chi connectivity index (χ3v) is 2.51. The van der Waals surface area contributed by atoms with E-state index in [2.05, 4.69) is 4.98 Å². The molecule has 1 aliphatic rings. The van der Waals surface area contributed by atoms with Crippen LogP contribution in [0.4, 0.5) is 0 Å². The summed E-state index contributed by atoms with van der Waals surface area (Å²) in [6, 6.07) is 3.30. The summed E-state index contributed by atoms with van der Waals surface area (Å²) in [6.45, 7) is 3.33. The van der Waals surface area contributed by atoms with Gasteiger partial charge < -0.3 is 0 Å². The van der Waals surface area contributed by atoms with Crippen molar-refractivity contribution in [2.75, 3.05) is 0 Å². The number of hydrogen-bond donors (Lipinski definition) is 0. The van der Waals surface area contributed by atoms with Gasteiger partial charge in [0.25, 0.3) is 0 Å². The van der Waals surface area contributed by atoms with E-state index < -0.39 is 0 Å². The van der Waals surface area contributed by atoms with Crippen molar-refractivity contribution in [1.82, 2.24) is 4.98 Å².